The Kier molecular flexibility index (Phi) is 2.92. The van der Waals surface area contributed by atoms with Gasteiger partial charge in [0.1, 0.15) is 0 Å². The number of phenols is 2. The summed E-state index contributed by atoms with van der Waals surface area (Å²) >= 11 is 0. The summed E-state index contributed by atoms with van der Waals surface area (Å²) in [6, 6.07) is 2.95. The van der Waals surface area contributed by atoms with Crippen LogP contribution in [0.25, 0.3) is 11.6 Å². The van der Waals surface area contributed by atoms with E-state index in [0.29, 0.717) is 0 Å². The molecular formula is C11H13NO2. The molecule has 0 aliphatic carbocycles. The van der Waals surface area contributed by atoms with Gasteiger partial charge in [-0.05, 0) is 42.0 Å². The molecule has 0 heterocycles. The maximum atomic E-state index is 9.31. The Balaban J connectivity index is 3.77. The summed E-state index contributed by atoms with van der Waals surface area (Å²) in [5.74, 6) is -0.300. The van der Waals surface area contributed by atoms with E-state index >= 15 is 0 Å². The third-order valence-corrected chi connectivity index (χ3v) is 2.10. The Bertz CT molecular complexity index is 475. The first-order chi connectivity index (χ1) is 6.60. The van der Waals surface area contributed by atoms with Crippen LogP contribution in [0, 0.1) is 5.41 Å². The van der Waals surface area contributed by atoms with Crippen molar-refractivity contribution in [1.82, 2.24) is 0 Å². The van der Waals surface area contributed by atoms with Crippen LogP contribution in [-0.2, 0) is 0 Å². The zero-order chi connectivity index (χ0) is 10.7. The number of aromatic hydroxyl groups is 2. The Morgan fingerprint density at radius 2 is 1.86 bits per heavy atom. The molecule has 1 aromatic rings. The first kappa shape index (κ1) is 10.3. The number of nitrogens with one attached hydrogen (secondary N) is 1. The van der Waals surface area contributed by atoms with Gasteiger partial charge in [0.05, 0.1) is 0 Å². The predicted octanol–water partition coefficient (Wildman–Crippen LogP) is 0.718. The third-order valence-electron chi connectivity index (χ3n) is 2.10. The second-order valence-electron chi connectivity index (χ2n) is 3.04. The van der Waals surface area contributed by atoms with Crippen molar-refractivity contribution in [2.45, 2.75) is 13.8 Å². The van der Waals surface area contributed by atoms with Crippen LogP contribution in [0.15, 0.2) is 12.1 Å². The summed E-state index contributed by atoms with van der Waals surface area (Å²) in [5, 5.41) is 27.3. The second-order valence-corrected chi connectivity index (χ2v) is 3.04. The Labute approximate surface area is 82.2 Å². The van der Waals surface area contributed by atoms with Gasteiger partial charge in [-0.15, -0.1) is 0 Å². The van der Waals surface area contributed by atoms with Crippen LogP contribution in [-0.4, -0.2) is 16.4 Å². The quantitative estimate of drug-likeness (QED) is 0.452. The molecule has 3 nitrogen and oxygen atoms in total. The molecule has 0 amide bonds. The van der Waals surface area contributed by atoms with E-state index in [0.717, 1.165) is 16.0 Å². The molecule has 74 valence electrons. The minimum atomic E-state index is -0.160. The van der Waals surface area contributed by atoms with Gasteiger partial charge in [0.25, 0.3) is 0 Å². The molecule has 3 N–H and O–H groups in total. The SMILES string of the molecule is C/C=c1/cc(O)c(O)c/c1=C(\C)C=N. The van der Waals surface area contributed by atoms with E-state index in [-0.39, 0.29) is 11.5 Å². The van der Waals surface area contributed by atoms with Crippen molar-refractivity contribution in [1.29, 1.82) is 5.41 Å². The van der Waals surface area contributed by atoms with Gasteiger partial charge >= 0.3 is 0 Å². The number of rotatable bonds is 1. The zero-order valence-electron chi connectivity index (χ0n) is 8.20. The van der Waals surface area contributed by atoms with Crippen LogP contribution >= 0.6 is 0 Å². The Hall–Kier alpha value is -1.77. The van der Waals surface area contributed by atoms with Crippen molar-refractivity contribution >= 4 is 17.9 Å². The molecule has 0 radical (unpaired) electrons. The van der Waals surface area contributed by atoms with Crippen molar-refractivity contribution in [3.05, 3.63) is 22.6 Å². The summed E-state index contributed by atoms with van der Waals surface area (Å²) in [6.45, 7) is 3.62. The molecule has 0 aliphatic heterocycles. The molecule has 1 rings (SSSR count). The van der Waals surface area contributed by atoms with Gasteiger partial charge in [-0.3, -0.25) is 0 Å². The number of benzene rings is 1. The number of phenolic OH excluding ortho intramolecular Hbond substituents is 2. The van der Waals surface area contributed by atoms with Crippen LogP contribution in [0.2, 0.25) is 0 Å². The molecule has 0 fully saturated rings. The van der Waals surface area contributed by atoms with Crippen LogP contribution in [0.3, 0.4) is 0 Å². The van der Waals surface area contributed by atoms with Crippen LogP contribution in [0.1, 0.15) is 13.8 Å². The standard InChI is InChI=1S/C11H13NO2/c1-3-8-4-10(13)11(14)5-9(8)7(2)6-12/h3-6,12-14H,1-2H3/b8-3-,9-7-,12-6?. The van der Waals surface area contributed by atoms with Crippen molar-refractivity contribution in [2.24, 2.45) is 0 Å². The Morgan fingerprint density at radius 3 is 2.36 bits per heavy atom. The molecule has 0 aromatic heterocycles. The topological polar surface area (TPSA) is 64.3 Å². The number of hydrogen-bond acceptors (Lipinski definition) is 3. The van der Waals surface area contributed by atoms with Crippen molar-refractivity contribution in [2.75, 3.05) is 0 Å². The van der Waals surface area contributed by atoms with Gasteiger partial charge in [0, 0.05) is 6.21 Å². The molecule has 0 atom stereocenters. The lowest BCUT2D eigenvalue weighted by Gasteiger charge is -1.99. The van der Waals surface area contributed by atoms with Crippen LogP contribution in [0.4, 0.5) is 0 Å². The fourth-order valence-electron chi connectivity index (χ4n) is 1.25. The molecule has 1 aromatic carbocycles. The molecule has 0 unspecified atom stereocenters. The maximum Gasteiger partial charge on any atom is 0.158 e. The van der Waals surface area contributed by atoms with Crippen LogP contribution < -0.4 is 10.4 Å². The first-order valence-electron chi connectivity index (χ1n) is 4.30. The summed E-state index contributed by atoms with van der Waals surface area (Å²) in [7, 11) is 0. The highest BCUT2D eigenvalue weighted by molar-refractivity contribution is 5.99. The fourth-order valence-corrected chi connectivity index (χ4v) is 1.25. The van der Waals surface area contributed by atoms with Crippen molar-refractivity contribution in [3.63, 3.8) is 0 Å². The Morgan fingerprint density at radius 1 is 1.29 bits per heavy atom. The molecule has 0 saturated carbocycles. The predicted molar refractivity (Wildman–Crippen MR) is 57.0 cm³/mol. The zero-order valence-corrected chi connectivity index (χ0v) is 8.20. The van der Waals surface area contributed by atoms with E-state index in [9.17, 15) is 10.2 Å². The average molecular weight is 191 g/mol. The fraction of sp³-hybridized carbons (Fsp3) is 0.182. The van der Waals surface area contributed by atoms with E-state index < -0.39 is 0 Å². The van der Waals surface area contributed by atoms with Crippen molar-refractivity contribution in [3.8, 4) is 11.5 Å². The molecule has 14 heavy (non-hydrogen) atoms. The summed E-state index contributed by atoms with van der Waals surface area (Å²) in [6.07, 6.45) is 3.04. The van der Waals surface area contributed by atoms with Gasteiger partial charge in [-0.2, -0.15) is 0 Å². The lowest BCUT2D eigenvalue weighted by Crippen LogP contribution is -2.26. The molecular weight excluding hydrogens is 178 g/mol. The molecule has 0 spiro atoms. The van der Waals surface area contributed by atoms with Gasteiger partial charge < -0.3 is 15.6 Å². The van der Waals surface area contributed by atoms with Gasteiger partial charge in [-0.25, -0.2) is 0 Å². The van der Waals surface area contributed by atoms with E-state index in [1.165, 1.54) is 18.3 Å². The van der Waals surface area contributed by atoms with Gasteiger partial charge in [0.15, 0.2) is 11.5 Å². The first-order valence-corrected chi connectivity index (χ1v) is 4.30. The highest BCUT2D eigenvalue weighted by atomic mass is 16.3. The molecule has 3 heteroatoms. The molecule has 0 aliphatic rings. The molecule has 0 bridgehead atoms. The average Bonchev–Trinajstić information content (AvgIpc) is 2.20. The van der Waals surface area contributed by atoms with E-state index in [1.54, 1.807) is 6.92 Å². The van der Waals surface area contributed by atoms with E-state index in [1.807, 2.05) is 13.0 Å². The summed E-state index contributed by atoms with van der Waals surface area (Å²) in [4.78, 5) is 0. The van der Waals surface area contributed by atoms with E-state index in [2.05, 4.69) is 0 Å². The maximum absolute atomic E-state index is 9.31. The summed E-state index contributed by atoms with van der Waals surface area (Å²) < 4.78 is 0. The lowest BCUT2D eigenvalue weighted by molar-refractivity contribution is 0.403. The molecule has 0 saturated heterocycles. The lowest BCUT2D eigenvalue weighted by atomic mass is 10.1. The number of hydrogen-bond donors (Lipinski definition) is 3. The van der Waals surface area contributed by atoms with E-state index in [4.69, 9.17) is 5.41 Å². The highest BCUT2D eigenvalue weighted by Gasteiger charge is 1.99. The minimum absolute atomic E-state index is 0.139. The van der Waals surface area contributed by atoms with Gasteiger partial charge in [0.2, 0.25) is 0 Å². The normalized spacial score (nSPS) is 14.0. The second kappa shape index (κ2) is 3.96. The minimum Gasteiger partial charge on any atom is -0.504 e. The largest absolute Gasteiger partial charge is 0.504 e. The highest BCUT2D eigenvalue weighted by Crippen LogP contribution is 2.18. The van der Waals surface area contributed by atoms with Gasteiger partial charge in [-0.1, -0.05) is 6.08 Å². The smallest absolute Gasteiger partial charge is 0.158 e. The van der Waals surface area contributed by atoms with Crippen LogP contribution in [0.5, 0.6) is 11.5 Å². The van der Waals surface area contributed by atoms with Crippen molar-refractivity contribution < 1.29 is 10.2 Å². The third kappa shape index (κ3) is 1.76. The monoisotopic (exact) mass is 191 g/mol. The summed E-state index contributed by atoms with van der Waals surface area (Å²) in [5.41, 5.74) is 0.744.